The molecule has 0 rings (SSSR count). The lowest BCUT2D eigenvalue weighted by molar-refractivity contribution is -0.137. The minimum Gasteiger partial charge on any atom is -0.481 e. The van der Waals surface area contributed by atoms with Gasteiger partial charge in [0.2, 0.25) is 0 Å². The number of hydrogen-bond acceptors (Lipinski definition) is 2. The van der Waals surface area contributed by atoms with Crippen LogP contribution in [0.15, 0.2) is 0 Å². The summed E-state index contributed by atoms with van der Waals surface area (Å²) >= 11 is 0. The number of unbranched alkanes of at least 4 members (excludes halogenated alkanes) is 7. The number of carboxylic acids is 1. The molecule has 0 spiro atoms. The van der Waals surface area contributed by atoms with E-state index in [1.165, 1.54) is 19.3 Å². The van der Waals surface area contributed by atoms with E-state index in [9.17, 15) is 9.59 Å². The van der Waals surface area contributed by atoms with Crippen molar-refractivity contribution >= 4 is 11.8 Å². The lowest BCUT2D eigenvalue weighted by Gasteiger charge is -2.16. The molecule has 0 amide bonds. The molecule has 0 heterocycles. The van der Waals surface area contributed by atoms with Crippen LogP contribution in [0.3, 0.4) is 0 Å². The molecule has 0 radical (unpaired) electrons. The monoisotopic (exact) mass is 286 g/mol. The third-order valence-electron chi connectivity index (χ3n) is 3.38. The first-order valence-corrected chi connectivity index (χ1v) is 7.59. The molecule has 0 atom stereocenters. The van der Waals surface area contributed by atoms with Gasteiger partial charge in [0.05, 0.1) is 0 Å². The molecule has 0 saturated carbocycles. The van der Waals surface area contributed by atoms with Crippen molar-refractivity contribution in [3.63, 3.8) is 0 Å². The molecule has 0 saturated heterocycles. The molecule has 120 valence electrons. The summed E-state index contributed by atoms with van der Waals surface area (Å²) < 4.78 is 0. The van der Waals surface area contributed by atoms with Crippen molar-refractivity contribution in [2.75, 3.05) is 0 Å². The van der Waals surface area contributed by atoms with Crippen molar-refractivity contribution < 1.29 is 14.7 Å². The van der Waals surface area contributed by atoms with Crippen molar-refractivity contribution in [3.8, 4) is 0 Å². The molecule has 0 aromatic heterocycles. The molecule has 0 aliphatic rings. The predicted molar refractivity (Wildman–Crippen MR) is 85.0 cm³/mol. The maximum atomic E-state index is 11.7. The Morgan fingerprint density at radius 2 is 1.10 bits per heavy atom. The highest BCUT2D eigenvalue weighted by molar-refractivity contribution is 5.83. The van der Waals surface area contributed by atoms with Gasteiger partial charge in [-0.25, -0.2) is 0 Å². The van der Waals surface area contributed by atoms with Crippen LogP contribution in [0.1, 0.15) is 92.4 Å². The number of carbonyl (C=O) groups is 2. The zero-order valence-electron chi connectivity index (χ0n) is 12.8. The molecule has 0 aromatic carbocycles. The van der Waals surface area contributed by atoms with Crippen molar-refractivity contribution in [2.24, 2.45) is 5.41 Å². The highest BCUT2D eigenvalue weighted by atomic mass is 16.4. The Bertz CT molecular complexity index is 264. The first kappa shape index (κ1) is 21.4. The van der Waals surface area contributed by atoms with Gasteiger partial charge < -0.3 is 5.11 Å². The summed E-state index contributed by atoms with van der Waals surface area (Å²) in [6.07, 6.45) is 9.70. The van der Waals surface area contributed by atoms with Crippen LogP contribution >= 0.6 is 0 Å². The van der Waals surface area contributed by atoms with Gasteiger partial charge in [-0.15, -0.1) is 0 Å². The van der Waals surface area contributed by atoms with Crippen molar-refractivity contribution in [1.29, 1.82) is 0 Å². The highest BCUT2D eigenvalue weighted by Crippen LogP contribution is 2.19. The van der Waals surface area contributed by atoms with E-state index in [0.29, 0.717) is 18.6 Å². The minimum absolute atomic E-state index is 0. The number of rotatable bonds is 11. The fourth-order valence-corrected chi connectivity index (χ4v) is 2.00. The lowest BCUT2D eigenvalue weighted by atomic mass is 9.88. The summed E-state index contributed by atoms with van der Waals surface area (Å²) in [7, 11) is 0. The molecule has 1 N–H and O–H groups in total. The van der Waals surface area contributed by atoms with E-state index in [1.807, 2.05) is 20.8 Å². The van der Waals surface area contributed by atoms with E-state index in [2.05, 4.69) is 0 Å². The van der Waals surface area contributed by atoms with Gasteiger partial charge in [0.25, 0.3) is 0 Å². The van der Waals surface area contributed by atoms with Crippen LogP contribution in [-0.4, -0.2) is 16.9 Å². The first-order valence-electron chi connectivity index (χ1n) is 7.59. The zero-order valence-corrected chi connectivity index (χ0v) is 12.8. The molecular weight excluding hydrogens is 252 g/mol. The summed E-state index contributed by atoms with van der Waals surface area (Å²) in [5.74, 6) is -0.329. The predicted octanol–water partition coefficient (Wildman–Crippen LogP) is 5.22. The van der Waals surface area contributed by atoms with Crippen LogP contribution in [-0.2, 0) is 9.59 Å². The third kappa shape index (κ3) is 13.6. The maximum absolute atomic E-state index is 11.7. The molecule has 0 aliphatic carbocycles. The number of aliphatic carboxylic acids is 1. The van der Waals surface area contributed by atoms with Gasteiger partial charge in [0, 0.05) is 18.3 Å². The molecular formula is C17H34O3. The molecule has 0 aliphatic heterocycles. The van der Waals surface area contributed by atoms with Crippen LogP contribution in [0.5, 0.6) is 0 Å². The summed E-state index contributed by atoms with van der Waals surface area (Å²) in [6.45, 7) is 5.94. The van der Waals surface area contributed by atoms with Crippen LogP contribution in [0.25, 0.3) is 0 Å². The fourth-order valence-electron chi connectivity index (χ4n) is 2.00. The van der Waals surface area contributed by atoms with Crippen LogP contribution < -0.4 is 0 Å². The largest absolute Gasteiger partial charge is 0.481 e. The minimum atomic E-state index is -0.691. The van der Waals surface area contributed by atoms with Gasteiger partial charge in [-0.1, -0.05) is 66.7 Å². The Morgan fingerprint density at radius 1 is 0.750 bits per heavy atom. The number of Topliss-reactive ketones (excluding diaryl/α,β-unsaturated/α-hetero) is 1. The highest BCUT2D eigenvalue weighted by Gasteiger charge is 2.19. The fraction of sp³-hybridized carbons (Fsp3) is 0.882. The average molecular weight is 286 g/mol. The van der Waals surface area contributed by atoms with Gasteiger partial charge in [0.1, 0.15) is 5.78 Å². The summed E-state index contributed by atoms with van der Waals surface area (Å²) in [6, 6.07) is 0. The number of hydrogen-bond donors (Lipinski definition) is 1. The van der Waals surface area contributed by atoms with Crippen LogP contribution in [0.4, 0.5) is 0 Å². The Balaban J connectivity index is 0. The smallest absolute Gasteiger partial charge is 0.303 e. The van der Waals surface area contributed by atoms with Crippen molar-refractivity contribution in [1.82, 2.24) is 0 Å². The van der Waals surface area contributed by atoms with E-state index in [4.69, 9.17) is 5.11 Å². The van der Waals surface area contributed by atoms with E-state index < -0.39 is 5.97 Å². The second-order valence-corrected chi connectivity index (χ2v) is 6.40. The molecule has 0 bridgehead atoms. The van der Waals surface area contributed by atoms with E-state index in [0.717, 1.165) is 32.1 Å². The summed E-state index contributed by atoms with van der Waals surface area (Å²) in [5, 5.41) is 8.49. The standard InChI is InChI=1S/C16H30O3.CH4/c1-16(2,3)14(17)12-10-8-6-4-5-7-9-11-13-15(18)19;/h4-13H2,1-3H3,(H,18,19);1H4. The lowest BCUT2D eigenvalue weighted by Crippen LogP contribution is -2.19. The van der Waals surface area contributed by atoms with E-state index >= 15 is 0 Å². The Hall–Kier alpha value is -0.860. The number of ketones is 1. The van der Waals surface area contributed by atoms with Gasteiger partial charge in [0.15, 0.2) is 0 Å². The Kier molecular flexibility index (Phi) is 12.8. The van der Waals surface area contributed by atoms with Gasteiger partial charge in [-0.05, 0) is 12.8 Å². The topological polar surface area (TPSA) is 54.4 Å². The normalized spacial score (nSPS) is 10.9. The summed E-state index contributed by atoms with van der Waals surface area (Å²) in [5.41, 5.74) is -0.190. The zero-order chi connectivity index (χ0) is 14.7. The summed E-state index contributed by atoms with van der Waals surface area (Å²) in [4.78, 5) is 22.0. The molecule has 3 heteroatoms. The quantitative estimate of drug-likeness (QED) is 0.529. The first-order chi connectivity index (χ1) is 8.84. The molecule has 3 nitrogen and oxygen atoms in total. The number of carboxylic acid groups (broad SMARTS) is 1. The molecule has 20 heavy (non-hydrogen) atoms. The molecule has 0 fully saturated rings. The van der Waals surface area contributed by atoms with Crippen LogP contribution in [0.2, 0.25) is 0 Å². The Labute approximate surface area is 125 Å². The second-order valence-electron chi connectivity index (χ2n) is 6.40. The average Bonchev–Trinajstić information content (AvgIpc) is 2.29. The van der Waals surface area contributed by atoms with E-state index in [1.54, 1.807) is 0 Å². The molecule has 0 aromatic rings. The third-order valence-corrected chi connectivity index (χ3v) is 3.38. The van der Waals surface area contributed by atoms with Crippen LogP contribution in [0, 0.1) is 5.41 Å². The SMILES string of the molecule is C.CC(C)(C)C(=O)CCCCCCCCCCC(=O)O. The Morgan fingerprint density at radius 3 is 1.45 bits per heavy atom. The number of carbonyl (C=O) groups excluding carboxylic acids is 1. The van der Waals surface area contributed by atoms with Gasteiger partial charge >= 0.3 is 5.97 Å². The van der Waals surface area contributed by atoms with Gasteiger partial charge in [-0.2, -0.15) is 0 Å². The molecule has 0 unspecified atom stereocenters. The van der Waals surface area contributed by atoms with Gasteiger partial charge in [-0.3, -0.25) is 9.59 Å². The van der Waals surface area contributed by atoms with Crippen molar-refractivity contribution in [3.05, 3.63) is 0 Å². The second kappa shape index (κ2) is 11.9. The van der Waals surface area contributed by atoms with E-state index in [-0.39, 0.29) is 12.8 Å². The van der Waals surface area contributed by atoms with Crippen molar-refractivity contribution in [2.45, 2.75) is 92.4 Å². The maximum Gasteiger partial charge on any atom is 0.303 e.